The first-order valence-electron chi connectivity index (χ1n) is 14.6. The van der Waals surface area contributed by atoms with Gasteiger partial charge in [-0.25, -0.2) is 13.2 Å². The molecule has 1 aliphatic carbocycles. The molecule has 0 heterocycles. The summed E-state index contributed by atoms with van der Waals surface area (Å²) >= 11 is 0. The first-order valence-corrected chi connectivity index (χ1v) is 16.3. The van der Waals surface area contributed by atoms with Crippen molar-refractivity contribution in [1.29, 1.82) is 0 Å². The molecule has 1 aromatic carbocycles. The molecule has 1 aliphatic rings. The molecule has 2 rings (SSSR count). The van der Waals surface area contributed by atoms with Crippen LogP contribution >= 0.6 is 0 Å². The van der Waals surface area contributed by atoms with Crippen LogP contribution < -0.4 is 16.0 Å². The predicted octanol–water partition coefficient (Wildman–Crippen LogP) is 3.27. The lowest BCUT2D eigenvalue weighted by atomic mass is 9.99. The molecular formula is C30H49N3O7S. The molecule has 0 aromatic heterocycles. The fourth-order valence-corrected chi connectivity index (χ4v) is 6.96. The topological polar surface area (TPSA) is 151 Å². The van der Waals surface area contributed by atoms with Gasteiger partial charge in [0.05, 0.1) is 23.1 Å². The van der Waals surface area contributed by atoms with Gasteiger partial charge in [0.1, 0.15) is 17.7 Å². The van der Waals surface area contributed by atoms with E-state index in [-0.39, 0.29) is 12.3 Å². The number of benzene rings is 1. The van der Waals surface area contributed by atoms with Crippen LogP contribution in [0.2, 0.25) is 0 Å². The maximum Gasteiger partial charge on any atom is 0.408 e. The number of alkyl carbamates (subject to hydrolysis) is 1. The quantitative estimate of drug-likeness (QED) is 0.273. The Morgan fingerprint density at radius 2 is 1.56 bits per heavy atom. The van der Waals surface area contributed by atoms with Gasteiger partial charge in [0.2, 0.25) is 11.8 Å². The Kier molecular flexibility index (Phi) is 13.1. The van der Waals surface area contributed by atoms with Gasteiger partial charge in [-0.15, -0.1) is 0 Å². The third kappa shape index (κ3) is 12.4. The van der Waals surface area contributed by atoms with Gasteiger partial charge in [-0.3, -0.25) is 9.59 Å². The summed E-state index contributed by atoms with van der Waals surface area (Å²) in [7, 11) is -3.53. The molecule has 3 amide bonds. The number of amides is 3. The molecule has 41 heavy (non-hydrogen) atoms. The highest BCUT2D eigenvalue weighted by Crippen LogP contribution is 2.25. The van der Waals surface area contributed by atoms with Crippen molar-refractivity contribution in [1.82, 2.24) is 16.0 Å². The molecule has 0 radical (unpaired) electrons. The highest BCUT2D eigenvalue weighted by Gasteiger charge is 2.34. The Balaban J connectivity index is 2.09. The molecule has 0 aliphatic heterocycles. The second kappa shape index (κ2) is 15.5. The van der Waals surface area contributed by atoms with E-state index < -0.39 is 68.6 Å². The van der Waals surface area contributed by atoms with Gasteiger partial charge in [-0.05, 0) is 58.4 Å². The summed E-state index contributed by atoms with van der Waals surface area (Å²) in [4.78, 5) is 38.8. The molecule has 1 saturated carbocycles. The summed E-state index contributed by atoms with van der Waals surface area (Å²) in [6.45, 7) is 10.5. The monoisotopic (exact) mass is 595 g/mol. The largest absolute Gasteiger partial charge is 0.444 e. The van der Waals surface area contributed by atoms with E-state index in [1.54, 1.807) is 20.8 Å². The summed E-state index contributed by atoms with van der Waals surface area (Å²) in [5.74, 6) is -1.49. The van der Waals surface area contributed by atoms with Crippen molar-refractivity contribution < 1.29 is 32.6 Å². The van der Waals surface area contributed by atoms with Crippen LogP contribution in [0.25, 0.3) is 0 Å². The van der Waals surface area contributed by atoms with E-state index in [2.05, 4.69) is 16.0 Å². The van der Waals surface area contributed by atoms with Gasteiger partial charge in [-0.1, -0.05) is 63.4 Å². The highest BCUT2D eigenvalue weighted by atomic mass is 32.2. The van der Waals surface area contributed by atoms with Crippen molar-refractivity contribution in [3.8, 4) is 0 Å². The van der Waals surface area contributed by atoms with Crippen LogP contribution in [0.4, 0.5) is 4.79 Å². The minimum atomic E-state index is -3.53. The number of carbonyl (C=O) groups is 3. The summed E-state index contributed by atoms with van der Waals surface area (Å²) in [6.07, 6.45) is 2.43. The molecule has 10 nitrogen and oxygen atoms in total. The minimum Gasteiger partial charge on any atom is -0.444 e. The summed E-state index contributed by atoms with van der Waals surface area (Å²) in [5.41, 5.74) is 0.0435. The third-order valence-electron chi connectivity index (χ3n) is 7.02. The molecule has 4 atom stereocenters. The van der Waals surface area contributed by atoms with Crippen LogP contribution in [-0.4, -0.2) is 72.3 Å². The van der Waals surface area contributed by atoms with E-state index in [1.165, 1.54) is 6.92 Å². The molecule has 0 bridgehead atoms. The average Bonchev–Trinajstić information content (AvgIpc) is 2.87. The number of sulfone groups is 1. The van der Waals surface area contributed by atoms with Crippen molar-refractivity contribution in [2.24, 2.45) is 5.92 Å². The Morgan fingerprint density at radius 3 is 2.12 bits per heavy atom. The number of aliphatic hydroxyl groups is 1. The lowest BCUT2D eigenvalue weighted by molar-refractivity contribution is -0.130. The lowest BCUT2D eigenvalue weighted by Gasteiger charge is -2.29. The Bertz CT molecular complexity index is 1100. The molecule has 11 heteroatoms. The lowest BCUT2D eigenvalue weighted by Crippen LogP contribution is -2.56. The first-order chi connectivity index (χ1) is 19.1. The SMILES string of the molecule is CC(C)C[C@@H](NC(=O)[C@H](C)NC(=O)[C@H](Cc1ccccc1)NC(=O)OC(C)(C)C)[C@H](O)CS(=O)(=O)C1CCCCC1. The highest BCUT2D eigenvalue weighted by molar-refractivity contribution is 7.92. The number of hydrogen-bond donors (Lipinski definition) is 4. The smallest absolute Gasteiger partial charge is 0.408 e. The van der Waals surface area contributed by atoms with Crippen molar-refractivity contribution in [3.63, 3.8) is 0 Å². The summed E-state index contributed by atoms with van der Waals surface area (Å²) < 4.78 is 31.3. The number of rotatable bonds is 13. The number of ether oxygens (including phenoxy) is 1. The zero-order valence-electron chi connectivity index (χ0n) is 25.3. The van der Waals surface area contributed by atoms with Crippen LogP contribution in [0.15, 0.2) is 30.3 Å². The van der Waals surface area contributed by atoms with Crippen molar-refractivity contribution >= 4 is 27.7 Å². The number of hydrogen-bond acceptors (Lipinski definition) is 7. The van der Waals surface area contributed by atoms with Gasteiger partial charge >= 0.3 is 6.09 Å². The van der Waals surface area contributed by atoms with Gasteiger partial charge in [-0.2, -0.15) is 0 Å². The van der Waals surface area contributed by atoms with Crippen LogP contribution in [-0.2, 0) is 30.6 Å². The zero-order chi connectivity index (χ0) is 30.8. The van der Waals surface area contributed by atoms with Crippen molar-refractivity contribution in [2.75, 3.05) is 5.75 Å². The minimum absolute atomic E-state index is 0.0745. The Hall–Kier alpha value is -2.66. The molecule has 232 valence electrons. The summed E-state index contributed by atoms with van der Waals surface area (Å²) in [6, 6.07) is 6.30. The molecule has 1 fully saturated rings. The third-order valence-corrected chi connectivity index (χ3v) is 9.32. The molecular weight excluding hydrogens is 546 g/mol. The van der Waals surface area contributed by atoms with E-state index in [0.717, 1.165) is 24.8 Å². The molecule has 0 unspecified atom stereocenters. The van der Waals surface area contributed by atoms with E-state index in [9.17, 15) is 27.9 Å². The van der Waals surface area contributed by atoms with Gasteiger partial charge in [0, 0.05) is 6.42 Å². The number of nitrogens with one attached hydrogen (secondary N) is 3. The molecule has 4 N–H and O–H groups in total. The second-order valence-corrected chi connectivity index (χ2v) is 14.8. The zero-order valence-corrected chi connectivity index (χ0v) is 26.1. The van der Waals surface area contributed by atoms with E-state index in [4.69, 9.17) is 4.74 Å². The van der Waals surface area contributed by atoms with Gasteiger partial charge < -0.3 is 25.8 Å². The molecule has 1 aromatic rings. The standard InChI is InChI=1S/C30H49N3O7S/c1-20(2)17-24(26(34)19-41(38,39)23-15-11-8-12-16-23)32-27(35)21(3)31-28(36)25(18-22-13-9-7-10-14-22)33-29(37)40-30(4,5)6/h7,9-10,13-14,20-21,23-26,34H,8,11-12,15-19H2,1-6H3,(H,31,36)(H,32,35)(H,33,37)/t21-,24+,25-,26+/m0/s1. The first kappa shape index (κ1) is 34.5. The van der Waals surface area contributed by atoms with Crippen molar-refractivity contribution in [2.45, 2.75) is 122 Å². The normalized spacial score (nSPS) is 17.7. The van der Waals surface area contributed by atoms with Gasteiger partial charge in [0.15, 0.2) is 9.84 Å². The van der Waals surface area contributed by atoms with Gasteiger partial charge in [0.25, 0.3) is 0 Å². The average molecular weight is 596 g/mol. The number of carbonyl (C=O) groups excluding carboxylic acids is 3. The predicted molar refractivity (Wildman–Crippen MR) is 159 cm³/mol. The Labute approximate surface area is 245 Å². The van der Waals surface area contributed by atoms with Crippen LogP contribution in [0, 0.1) is 5.92 Å². The van der Waals surface area contributed by atoms with E-state index >= 15 is 0 Å². The van der Waals surface area contributed by atoms with E-state index in [1.807, 2.05) is 44.2 Å². The maximum atomic E-state index is 13.2. The van der Waals surface area contributed by atoms with Crippen LogP contribution in [0.1, 0.15) is 85.6 Å². The van der Waals surface area contributed by atoms with E-state index in [0.29, 0.717) is 19.3 Å². The fraction of sp³-hybridized carbons (Fsp3) is 0.700. The fourth-order valence-electron chi connectivity index (χ4n) is 4.93. The second-order valence-electron chi connectivity index (χ2n) is 12.5. The molecule has 0 spiro atoms. The maximum absolute atomic E-state index is 13.2. The van der Waals surface area contributed by atoms with Crippen LogP contribution in [0.5, 0.6) is 0 Å². The Morgan fingerprint density at radius 1 is 0.951 bits per heavy atom. The van der Waals surface area contributed by atoms with Crippen molar-refractivity contribution in [3.05, 3.63) is 35.9 Å². The number of aliphatic hydroxyl groups excluding tert-OH is 1. The molecule has 0 saturated heterocycles. The van der Waals surface area contributed by atoms with Crippen LogP contribution in [0.3, 0.4) is 0 Å². The summed E-state index contributed by atoms with van der Waals surface area (Å²) in [5, 5.41) is 18.5.